The Morgan fingerprint density at radius 1 is 1.47 bits per heavy atom. The second-order valence-electron chi connectivity index (χ2n) is 4.73. The molecule has 0 aliphatic carbocycles. The summed E-state index contributed by atoms with van der Waals surface area (Å²) in [6, 6.07) is 5.64. The molecular formula is C14H19ClN2OS. The molecule has 1 saturated heterocycles. The number of benzene rings is 1. The van der Waals surface area contributed by atoms with Crippen molar-refractivity contribution in [1.82, 2.24) is 0 Å². The Bertz CT molecular complexity index is 447. The summed E-state index contributed by atoms with van der Waals surface area (Å²) >= 11 is 11.2. The Kier molecular flexibility index (Phi) is 5.43. The molecule has 0 amide bonds. The van der Waals surface area contributed by atoms with Gasteiger partial charge in [-0.2, -0.15) is 0 Å². The van der Waals surface area contributed by atoms with Gasteiger partial charge in [-0.3, -0.25) is 0 Å². The summed E-state index contributed by atoms with van der Waals surface area (Å²) in [5.74, 6) is 0. The predicted octanol–water partition coefficient (Wildman–Crippen LogP) is 3.35. The van der Waals surface area contributed by atoms with Gasteiger partial charge in [-0.1, -0.05) is 29.9 Å². The monoisotopic (exact) mass is 298 g/mol. The molecule has 1 fully saturated rings. The summed E-state index contributed by atoms with van der Waals surface area (Å²) in [6.07, 6.45) is 4.96. The zero-order valence-corrected chi connectivity index (χ0v) is 12.4. The lowest BCUT2D eigenvalue weighted by Gasteiger charge is -2.23. The first kappa shape index (κ1) is 14.6. The molecule has 0 bridgehead atoms. The standard InChI is InChI=1S/C14H19ClN2OS/c15-11-5-3-6-12(13(11)14(16)19)17-8-7-10-4-1-2-9-18-10/h3,5-6,10,17H,1-2,4,7-9H2,(H2,16,19). The Morgan fingerprint density at radius 2 is 2.32 bits per heavy atom. The van der Waals surface area contributed by atoms with Gasteiger partial charge in [0.2, 0.25) is 0 Å². The quantitative estimate of drug-likeness (QED) is 0.819. The van der Waals surface area contributed by atoms with Crippen molar-refractivity contribution in [2.75, 3.05) is 18.5 Å². The summed E-state index contributed by atoms with van der Waals surface area (Å²) < 4.78 is 5.70. The molecule has 0 saturated carbocycles. The van der Waals surface area contributed by atoms with Crippen molar-refractivity contribution < 1.29 is 4.74 Å². The van der Waals surface area contributed by atoms with Crippen molar-refractivity contribution in [2.24, 2.45) is 5.73 Å². The van der Waals surface area contributed by atoms with Crippen LogP contribution in [0.25, 0.3) is 0 Å². The average molecular weight is 299 g/mol. The second-order valence-corrected chi connectivity index (χ2v) is 5.58. The fraction of sp³-hybridized carbons (Fsp3) is 0.500. The van der Waals surface area contributed by atoms with Crippen LogP contribution in [0, 0.1) is 0 Å². The molecule has 5 heteroatoms. The van der Waals surface area contributed by atoms with E-state index in [0.29, 0.717) is 16.1 Å². The first-order valence-corrected chi connectivity index (χ1v) is 7.41. The molecule has 3 N–H and O–H groups in total. The summed E-state index contributed by atoms with van der Waals surface area (Å²) in [7, 11) is 0. The molecule has 1 aromatic rings. The van der Waals surface area contributed by atoms with E-state index >= 15 is 0 Å². The maximum absolute atomic E-state index is 6.12. The smallest absolute Gasteiger partial charge is 0.107 e. The largest absolute Gasteiger partial charge is 0.389 e. The van der Waals surface area contributed by atoms with Gasteiger partial charge < -0.3 is 15.8 Å². The van der Waals surface area contributed by atoms with Crippen molar-refractivity contribution in [3.05, 3.63) is 28.8 Å². The summed E-state index contributed by atoms with van der Waals surface area (Å²) in [5.41, 5.74) is 7.34. The lowest BCUT2D eigenvalue weighted by molar-refractivity contribution is 0.0134. The Hall–Kier alpha value is -0.840. The van der Waals surface area contributed by atoms with Gasteiger partial charge in [0.05, 0.1) is 16.7 Å². The van der Waals surface area contributed by atoms with Crippen LogP contribution in [0.3, 0.4) is 0 Å². The van der Waals surface area contributed by atoms with E-state index in [1.165, 1.54) is 12.8 Å². The van der Waals surface area contributed by atoms with Crippen LogP contribution >= 0.6 is 23.8 Å². The molecule has 0 radical (unpaired) electrons. The third-order valence-electron chi connectivity index (χ3n) is 3.32. The van der Waals surface area contributed by atoms with Crippen LogP contribution in [-0.4, -0.2) is 24.2 Å². The van der Waals surface area contributed by atoms with Gasteiger partial charge in [0, 0.05) is 18.8 Å². The van der Waals surface area contributed by atoms with Crippen LogP contribution in [-0.2, 0) is 4.74 Å². The van der Waals surface area contributed by atoms with Gasteiger partial charge in [0.25, 0.3) is 0 Å². The van der Waals surface area contributed by atoms with Crippen molar-refractivity contribution in [2.45, 2.75) is 31.8 Å². The number of halogens is 1. The first-order chi connectivity index (χ1) is 9.18. The van der Waals surface area contributed by atoms with Gasteiger partial charge in [0.1, 0.15) is 4.99 Å². The highest BCUT2D eigenvalue weighted by atomic mass is 35.5. The highest BCUT2D eigenvalue weighted by Crippen LogP contribution is 2.24. The van der Waals surface area contributed by atoms with Gasteiger partial charge in [0.15, 0.2) is 0 Å². The maximum atomic E-state index is 6.12. The fourth-order valence-electron chi connectivity index (χ4n) is 2.32. The SMILES string of the molecule is NC(=S)c1c(Cl)cccc1NCCC1CCCCO1. The number of thiocarbonyl (C=S) groups is 1. The van der Waals surface area contributed by atoms with Gasteiger partial charge in [-0.05, 0) is 37.8 Å². The first-order valence-electron chi connectivity index (χ1n) is 6.62. The zero-order valence-electron chi connectivity index (χ0n) is 10.8. The van der Waals surface area contributed by atoms with Crippen LogP contribution in [0.15, 0.2) is 18.2 Å². The third-order valence-corrected chi connectivity index (χ3v) is 3.83. The zero-order chi connectivity index (χ0) is 13.7. The van der Waals surface area contributed by atoms with Gasteiger partial charge in [-0.15, -0.1) is 0 Å². The number of hydrogen-bond donors (Lipinski definition) is 2. The number of nitrogens with two attached hydrogens (primary N) is 1. The highest BCUT2D eigenvalue weighted by molar-refractivity contribution is 7.80. The Labute approximate surface area is 124 Å². The van der Waals surface area contributed by atoms with Crippen LogP contribution in [0.4, 0.5) is 5.69 Å². The van der Waals surface area contributed by atoms with Crippen LogP contribution in [0.5, 0.6) is 0 Å². The minimum absolute atomic E-state index is 0.321. The van der Waals surface area contributed by atoms with Crippen molar-refractivity contribution >= 4 is 34.5 Å². The van der Waals surface area contributed by atoms with E-state index in [1.54, 1.807) is 6.07 Å². The summed E-state index contributed by atoms with van der Waals surface area (Å²) in [6.45, 7) is 1.72. The normalized spacial score (nSPS) is 19.1. The van der Waals surface area contributed by atoms with Crippen LogP contribution < -0.4 is 11.1 Å². The van der Waals surface area contributed by atoms with Gasteiger partial charge in [-0.25, -0.2) is 0 Å². The van der Waals surface area contributed by atoms with E-state index in [9.17, 15) is 0 Å². The summed E-state index contributed by atoms with van der Waals surface area (Å²) in [5, 5.41) is 3.94. The molecule has 19 heavy (non-hydrogen) atoms. The lowest BCUT2D eigenvalue weighted by Crippen LogP contribution is -2.22. The molecule has 3 nitrogen and oxygen atoms in total. The number of anilines is 1. The third kappa shape index (κ3) is 4.06. The molecule has 104 valence electrons. The van der Waals surface area contributed by atoms with Crippen LogP contribution in [0.2, 0.25) is 5.02 Å². The number of rotatable bonds is 5. The molecule has 0 spiro atoms. The number of ether oxygens (including phenoxy) is 1. The van der Waals surface area contributed by atoms with Gasteiger partial charge >= 0.3 is 0 Å². The Morgan fingerprint density at radius 3 is 3.00 bits per heavy atom. The molecular weight excluding hydrogens is 280 g/mol. The Balaban J connectivity index is 1.92. The van der Waals surface area contributed by atoms with Crippen molar-refractivity contribution in [3.8, 4) is 0 Å². The van der Waals surface area contributed by atoms with E-state index in [4.69, 9.17) is 34.3 Å². The molecule has 1 aliphatic heterocycles. The number of hydrogen-bond acceptors (Lipinski definition) is 3. The van der Waals surface area contributed by atoms with E-state index in [0.717, 1.165) is 37.2 Å². The molecule has 1 aromatic carbocycles. The second kappa shape index (κ2) is 7.08. The van der Waals surface area contributed by atoms with E-state index in [2.05, 4.69) is 5.32 Å². The molecule has 1 atom stereocenters. The molecule has 1 aliphatic rings. The predicted molar refractivity (Wildman–Crippen MR) is 84.0 cm³/mol. The van der Waals surface area contributed by atoms with Crippen molar-refractivity contribution in [1.29, 1.82) is 0 Å². The lowest BCUT2D eigenvalue weighted by atomic mass is 10.1. The molecule has 1 unspecified atom stereocenters. The highest BCUT2D eigenvalue weighted by Gasteiger charge is 2.14. The van der Waals surface area contributed by atoms with Crippen molar-refractivity contribution in [3.63, 3.8) is 0 Å². The molecule has 1 heterocycles. The summed E-state index contributed by atoms with van der Waals surface area (Å²) in [4.78, 5) is 0.321. The maximum Gasteiger partial charge on any atom is 0.107 e. The van der Waals surface area contributed by atoms with Crippen LogP contribution in [0.1, 0.15) is 31.2 Å². The molecule has 0 aromatic heterocycles. The minimum atomic E-state index is 0.321. The topological polar surface area (TPSA) is 47.3 Å². The van der Waals surface area contributed by atoms with E-state index in [-0.39, 0.29) is 0 Å². The molecule has 2 rings (SSSR count). The minimum Gasteiger partial charge on any atom is -0.389 e. The fourth-order valence-corrected chi connectivity index (χ4v) is 2.88. The average Bonchev–Trinajstić information content (AvgIpc) is 2.39. The van der Waals surface area contributed by atoms with E-state index < -0.39 is 0 Å². The number of nitrogens with one attached hydrogen (secondary N) is 1. The van der Waals surface area contributed by atoms with E-state index in [1.807, 2.05) is 12.1 Å².